The topological polar surface area (TPSA) is 90.9 Å². The van der Waals surface area contributed by atoms with E-state index in [0.717, 1.165) is 5.82 Å². The summed E-state index contributed by atoms with van der Waals surface area (Å²) in [5.41, 5.74) is 6.24. The fourth-order valence-electron chi connectivity index (χ4n) is 1.46. The van der Waals surface area contributed by atoms with Crippen molar-refractivity contribution in [2.75, 3.05) is 24.2 Å². The van der Waals surface area contributed by atoms with Gasteiger partial charge >= 0.3 is 0 Å². The zero-order valence-corrected chi connectivity index (χ0v) is 10.2. The van der Waals surface area contributed by atoms with Gasteiger partial charge in [0.05, 0.1) is 25.0 Å². The summed E-state index contributed by atoms with van der Waals surface area (Å²) in [5, 5.41) is 7.26. The van der Waals surface area contributed by atoms with E-state index in [4.69, 9.17) is 10.5 Å². The Hall–Kier alpha value is -2.31. The number of rotatable bonds is 6. The van der Waals surface area contributed by atoms with Gasteiger partial charge in [0.15, 0.2) is 0 Å². The highest BCUT2D eigenvalue weighted by atomic mass is 16.5. The van der Waals surface area contributed by atoms with Crippen LogP contribution in [0.5, 0.6) is 5.88 Å². The highest BCUT2D eigenvalue weighted by Gasteiger charge is 1.99. The van der Waals surface area contributed by atoms with Crippen LogP contribution in [0.1, 0.15) is 6.92 Å². The fourth-order valence-corrected chi connectivity index (χ4v) is 1.46. The average molecular weight is 248 g/mol. The van der Waals surface area contributed by atoms with Crippen LogP contribution in [-0.2, 0) is 6.54 Å². The van der Waals surface area contributed by atoms with Crippen LogP contribution in [0.15, 0.2) is 24.8 Å². The molecule has 18 heavy (non-hydrogen) atoms. The molecule has 0 bridgehead atoms. The third kappa shape index (κ3) is 3.34. The first kappa shape index (κ1) is 12.2. The van der Waals surface area contributed by atoms with E-state index in [1.165, 1.54) is 6.33 Å². The molecule has 0 fully saturated rings. The van der Waals surface area contributed by atoms with Crippen LogP contribution in [0.2, 0.25) is 0 Å². The number of hydrogen-bond donors (Lipinski definition) is 2. The zero-order valence-electron chi connectivity index (χ0n) is 10.2. The monoisotopic (exact) mass is 248 g/mol. The van der Waals surface area contributed by atoms with Crippen LogP contribution in [0.25, 0.3) is 0 Å². The Kier molecular flexibility index (Phi) is 3.95. The van der Waals surface area contributed by atoms with Gasteiger partial charge in [0.25, 0.3) is 0 Å². The molecular weight excluding hydrogens is 232 g/mol. The SMILES string of the molecule is CCOc1cc(NCCn2cc(N)cn2)ncn1. The quantitative estimate of drug-likeness (QED) is 0.784. The first-order valence-electron chi connectivity index (χ1n) is 5.74. The Morgan fingerprint density at radius 1 is 1.44 bits per heavy atom. The number of nitrogen functional groups attached to an aromatic ring is 1. The van der Waals surface area contributed by atoms with E-state index in [1.54, 1.807) is 23.1 Å². The lowest BCUT2D eigenvalue weighted by Crippen LogP contribution is -2.12. The third-order valence-electron chi connectivity index (χ3n) is 2.23. The Morgan fingerprint density at radius 3 is 3.06 bits per heavy atom. The van der Waals surface area contributed by atoms with Gasteiger partial charge in [-0.05, 0) is 6.92 Å². The van der Waals surface area contributed by atoms with E-state index in [9.17, 15) is 0 Å². The smallest absolute Gasteiger partial charge is 0.218 e. The number of nitrogens with zero attached hydrogens (tertiary/aromatic N) is 4. The first-order valence-corrected chi connectivity index (χ1v) is 5.74. The lowest BCUT2D eigenvalue weighted by Gasteiger charge is -2.07. The van der Waals surface area contributed by atoms with Gasteiger partial charge in [-0.1, -0.05) is 0 Å². The van der Waals surface area contributed by atoms with E-state index in [1.807, 2.05) is 6.92 Å². The molecule has 0 radical (unpaired) electrons. The third-order valence-corrected chi connectivity index (χ3v) is 2.23. The molecule has 0 atom stereocenters. The summed E-state index contributed by atoms with van der Waals surface area (Å²) in [4.78, 5) is 8.09. The fraction of sp³-hybridized carbons (Fsp3) is 0.364. The number of anilines is 2. The van der Waals surface area contributed by atoms with Gasteiger partial charge in [-0.15, -0.1) is 0 Å². The minimum Gasteiger partial charge on any atom is -0.478 e. The zero-order chi connectivity index (χ0) is 12.8. The van der Waals surface area contributed by atoms with Crippen LogP contribution in [-0.4, -0.2) is 32.9 Å². The summed E-state index contributed by atoms with van der Waals surface area (Å²) < 4.78 is 7.06. The van der Waals surface area contributed by atoms with Crippen molar-refractivity contribution in [2.24, 2.45) is 0 Å². The van der Waals surface area contributed by atoms with Gasteiger partial charge in [0, 0.05) is 18.8 Å². The predicted octanol–water partition coefficient (Wildman–Crippen LogP) is 0.766. The number of hydrogen-bond acceptors (Lipinski definition) is 6. The van der Waals surface area contributed by atoms with E-state index in [0.29, 0.717) is 31.3 Å². The molecule has 0 amide bonds. The maximum atomic E-state index is 5.57. The van der Waals surface area contributed by atoms with Crippen molar-refractivity contribution in [1.29, 1.82) is 0 Å². The lowest BCUT2D eigenvalue weighted by molar-refractivity contribution is 0.326. The molecule has 0 saturated heterocycles. The van der Waals surface area contributed by atoms with Crippen LogP contribution in [0.3, 0.4) is 0 Å². The summed E-state index contributed by atoms with van der Waals surface area (Å²) in [6.07, 6.45) is 4.88. The summed E-state index contributed by atoms with van der Waals surface area (Å²) in [5.74, 6) is 1.30. The molecular formula is C11H16N6O. The van der Waals surface area contributed by atoms with Crippen LogP contribution < -0.4 is 15.8 Å². The molecule has 0 aliphatic rings. The summed E-state index contributed by atoms with van der Waals surface area (Å²) >= 11 is 0. The second-order valence-corrected chi connectivity index (χ2v) is 3.64. The Balaban J connectivity index is 1.84. The average Bonchev–Trinajstić information content (AvgIpc) is 2.76. The van der Waals surface area contributed by atoms with Gasteiger partial charge in [-0.25, -0.2) is 9.97 Å². The molecule has 2 rings (SSSR count). The van der Waals surface area contributed by atoms with E-state index >= 15 is 0 Å². The summed E-state index contributed by atoms with van der Waals surface area (Å²) in [6.45, 7) is 3.91. The standard InChI is InChI=1S/C11H16N6O/c1-2-18-11-5-10(14-8-15-11)13-3-4-17-7-9(12)6-16-17/h5-8H,2-4,12H2,1H3,(H,13,14,15). The maximum absolute atomic E-state index is 5.57. The largest absolute Gasteiger partial charge is 0.478 e. The molecule has 2 aromatic heterocycles. The minimum atomic E-state index is 0.568. The maximum Gasteiger partial charge on any atom is 0.218 e. The second kappa shape index (κ2) is 5.85. The molecule has 0 spiro atoms. The Morgan fingerprint density at radius 2 is 2.33 bits per heavy atom. The number of nitrogens with two attached hydrogens (primary N) is 1. The highest BCUT2D eigenvalue weighted by Crippen LogP contribution is 2.10. The molecule has 7 heteroatoms. The molecule has 96 valence electrons. The van der Waals surface area contributed by atoms with Crippen molar-refractivity contribution >= 4 is 11.5 Å². The Labute approximate surface area is 105 Å². The summed E-state index contributed by atoms with van der Waals surface area (Å²) in [6, 6.07) is 1.76. The van der Waals surface area contributed by atoms with E-state index < -0.39 is 0 Å². The van der Waals surface area contributed by atoms with E-state index in [-0.39, 0.29) is 0 Å². The molecule has 0 aliphatic carbocycles. The second-order valence-electron chi connectivity index (χ2n) is 3.64. The van der Waals surface area contributed by atoms with Crippen molar-refractivity contribution in [3.63, 3.8) is 0 Å². The molecule has 0 saturated carbocycles. The van der Waals surface area contributed by atoms with Crippen molar-refractivity contribution in [1.82, 2.24) is 19.7 Å². The van der Waals surface area contributed by atoms with Crippen LogP contribution >= 0.6 is 0 Å². The van der Waals surface area contributed by atoms with Crippen molar-refractivity contribution in [3.05, 3.63) is 24.8 Å². The number of aromatic nitrogens is 4. The normalized spacial score (nSPS) is 10.3. The lowest BCUT2D eigenvalue weighted by atomic mass is 10.5. The van der Waals surface area contributed by atoms with Gasteiger partial charge in [0.1, 0.15) is 12.1 Å². The molecule has 0 unspecified atom stereocenters. The highest BCUT2D eigenvalue weighted by molar-refractivity contribution is 5.37. The molecule has 0 aromatic carbocycles. The molecule has 3 N–H and O–H groups in total. The van der Waals surface area contributed by atoms with Gasteiger partial charge in [-0.3, -0.25) is 4.68 Å². The van der Waals surface area contributed by atoms with Gasteiger partial charge in [-0.2, -0.15) is 5.10 Å². The van der Waals surface area contributed by atoms with Crippen molar-refractivity contribution < 1.29 is 4.74 Å². The molecule has 2 aromatic rings. The van der Waals surface area contributed by atoms with Gasteiger partial charge < -0.3 is 15.8 Å². The van der Waals surface area contributed by atoms with E-state index in [2.05, 4.69) is 20.4 Å². The van der Waals surface area contributed by atoms with Crippen LogP contribution in [0, 0.1) is 0 Å². The van der Waals surface area contributed by atoms with Gasteiger partial charge in [0.2, 0.25) is 5.88 Å². The molecule has 0 aliphatic heterocycles. The molecule has 2 heterocycles. The number of ether oxygens (including phenoxy) is 1. The Bertz CT molecular complexity index is 498. The van der Waals surface area contributed by atoms with Crippen LogP contribution in [0.4, 0.5) is 11.5 Å². The van der Waals surface area contributed by atoms with Crippen molar-refractivity contribution in [3.8, 4) is 5.88 Å². The van der Waals surface area contributed by atoms with Crippen molar-refractivity contribution in [2.45, 2.75) is 13.5 Å². The summed E-state index contributed by atoms with van der Waals surface area (Å²) in [7, 11) is 0. The predicted molar refractivity (Wildman–Crippen MR) is 68.3 cm³/mol. The number of nitrogens with one attached hydrogen (secondary N) is 1. The first-order chi connectivity index (χ1) is 8.78. The minimum absolute atomic E-state index is 0.568. The molecule has 7 nitrogen and oxygen atoms in total.